The van der Waals surface area contributed by atoms with Crippen molar-refractivity contribution in [1.29, 1.82) is 5.26 Å². The van der Waals surface area contributed by atoms with Gasteiger partial charge in [0.15, 0.2) is 5.82 Å². The monoisotopic (exact) mass is 270 g/mol. The van der Waals surface area contributed by atoms with Crippen LogP contribution in [0, 0.1) is 11.3 Å². The van der Waals surface area contributed by atoms with Gasteiger partial charge in [-0.15, -0.1) is 0 Å². The maximum absolute atomic E-state index is 9.59. The Labute approximate surface area is 114 Å². The Morgan fingerprint density at radius 3 is 2.95 bits per heavy atom. The van der Waals surface area contributed by atoms with Crippen molar-refractivity contribution in [3.05, 3.63) is 36.2 Å². The third-order valence-electron chi connectivity index (χ3n) is 2.85. The van der Waals surface area contributed by atoms with E-state index >= 15 is 0 Å². The predicted molar refractivity (Wildman–Crippen MR) is 71.1 cm³/mol. The number of benzene rings is 1. The molecule has 0 bridgehead atoms. The Morgan fingerprint density at radius 1 is 1.32 bits per heavy atom. The van der Waals surface area contributed by atoms with E-state index in [9.17, 15) is 5.11 Å². The molecule has 1 aromatic carbocycles. The lowest BCUT2D eigenvalue weighted by molar-refractivity contribution is 0.302. The van der Waals surface area contributed by atoms with Crippen molar-refractivity contribution in [2.45, 2.75) is 16.3 Å². The zero-order valence-electron chi connectivity index (χ0n) is 9.95. The molecule has 6 heteroatoms. The van der Waals surface area contributed by atoms with Gasteiger partial charge < -0.3 is 5.11 Å². The van der Waals surface area contributed by atoms with Crippen molar-refractivity contribution in [3.63, 3.8) is 0 Å². The van der Waals surface area contributed by atoms with Crippen molar-refractivity contribution in [1.82, 2.24) is 9.97 Å². The van der Waals surface area contributed by atoms with E-state index < -0.39 is 0 Å². The molecule has 0 atom stereocenters. The molecule has 0 saturated carbocycles. The second kappa shape index (κ2) is 4.88. The molecule has 0 aliphatic carbocycles. The van der Waals surface area contributed by atoms with E-state index in [-0.39, 0.29) is 6.73 Å². The van der Waals surface area contributed by atoms with Gasteiger partial charge in [-0.1, -0.05) is 17.8 Å². The summed E-state index contributed by atoms with van der Waals surface area (Å²) < 4.78 is 0. The smallest absolute Gasteiger partial charge is 0.168 e. The number of fused-ring (bicyclic) bond motifs is 2. The molecular weight excluding hydrogens is 260 g/mol. The van der Waals surface area contributed by atoms with E-state index in [1.54, 1.807) is 17.3 Å². The number of anilines is 2. The van der Waals surface area contributed by atoms with Gasteiger partial charge in [-0.05, 0) is 17.7 Å². The van der Waals surface area contributed by atoms with Crippen molar-refractivity contribution < 1.29 is 5.11 Å². The highest BCUT2D eigenvalue weighted by Crippen LogP contribution is 2.45. The summed E-state index contributed by atoms with van der Waals surface area (Å²) in [6.45, 7) is -0.171. The second-order valence-corrected chi connectivity index (χ2v) is 5.02. The molecule has 0 amide bonds. The molecular formula is C13H10N4OS. The average molecular weight is 270 g/mol. The third-order valence-corrected chi connectivity index (χ3v) is 3.89. The zero-order valence-corrected chi connectivity index (χ0v) is 10.8. The van der Waals surface area contributed by atoms with Gasteiger partial charge in [-0.25, -0.2) is 9.97 Å². The number of aliphatic hydroxyl groups excluding tert-OH is 1. The fourth-order valence-electron chi connectivity index (χ4n) is 2.00. The zero-order chi connectivity index (χ0) is 13.2. The van der Waals surface area contributed by atoms with Crippen LogP contribution >= 0.6 is 11.8 Å². The van der Waals surface area contributed by atoms with Crippen LogP contribution < -0.4 is 4.90 Å². The van der Waals surface area contributed by atoms with Crippen LogP contribution in [0.4, 0.5) is 11.5 Å². The van der Waals surface area contributed by atoms with Crippen molar-refractivity contribution >= 4 is 23.3 Å². The second-order valence-electron chi connectivity index (χ2n) is 3.99. The van der Waals surface area contributed by atoms with Crippen LogP contribution in [-0.4, -0.2) is 21.8 Å². The van der Waals surface area contributed by atoms with Gasteiger partial charge in [0.05, 0.1) is 18.2 Å². The Balaban J connectivity index is 2.11. The minimum absolute atomic E-state index is 0.171. The van der Waals surface area contributed by atoms with Gasteiger partial charge in [-0.3, -0.25) is 4.90 Å². The summed E-state index contributed by atoms with van der Waals surface area (Å²) >= 11 is 1.52. The summed E-state index contributed by atoms with van der Waals surface area (Å²) in [5.41, 5.74) is 1.79. The topological polar surface area (TPSA) is 73.0 Å². The number of aliphatic hydroxyl groups is 1. The van der Waals surface area contributed by atoms with Gasteiger partial charge in [0.2, 0.25) is 0 Å². The summed E-state index contributed by atoms with van der Waals surface area (Å²) in [5, 5.41) is 19.1. The highest BCUT2D eigenvalue weighted by atomic mass is 32.2. The number of nitrogens with zero attached hydrogens (tertiary/aromatic N) is 4. The fraction of sp³-hybridized carbons (Fsp3) is 0.154. The molecule has 2 heterocycles. The lowest BCUT2D eigenvalue weighted by Crippen LogP contribution is -2.23. The molecule has 0 radical (unpaired) electrons. The van der Waals surface area contributed by atoms with Crippen LogP contribution in [0.1, 0.15) is 5.56 Å². The number of aromatic nitrogens is 2. The Hall–Kier alpha value is -2.10. The van der Waals surface area contributed by atoms with E-state index in [1.165, 1.54) is 11.8 Å². The first-order chi connectivity index (χ1) is 9.33. The first-order valence-corrected chi connectivity index (χ1v) is 6.52. The molecule has 1 aliphatic rings. The van der Waals surface area contributed by atoms with Crippen LogP contribution in [0.15, 0.2) is 40.5 Å². The largest absolute Gasteiger partial charge is 0.376 e. The molecule has 19 heavy (non-hydrogen) atoms. The molecule has 1 aromatic heterocycles. The molecule has 94 valence electrons. The molecule has 3 rings (SSSR count). The molecule has 1 aliphatic heterocycles. The van der Waals surface area contributed by atoms with Crippen LogP contribution in [0.5, 0.6) is 0 Å². The maximum Gasteiger partial charge on any atom is 0.168 e. The normalized spacial score (nSPS) is 12.5. The van der Waals surface area contributed by atoms with Crippen molar-refractivity contribution in [2.24, 2.45) is 0 Å². The van der Waals surface area contributed by atoms with Crippen LogP contribution in [0.2, 0.25) is 0 Å². The molecule has 0 fully saturated rings. The number of hydrogen-bond donors (Lipinski definition) is 1. The highest BCUT2D eigenvalue weighted by molar-refractivity contribution is 7.99. The highest BCUT2D eigenvalue weighted by Gasteiger charge is 2.25. The first-order valence-electron chi connectivity index (χ1n) is 5.70. The SMILES string of the molecule is N#CCc1ccc2c(c1)N(CO)c1nccnc1S2. The lowest BCUT2D eigenvalue weighted by Gasteiger charge is -2.29. The number of rotatable bonds is 2. The Bertz CT molecular complexity index is 668. The Kier molecular flexibility index (Phi) is 3.07. The van der Waals surface area contributed by atoms with E-state index in [0.29, 0.717) is 12.2 Å². The van der Waals surface area contributed by atoms with E-state index in [0.717, 1.165) is 21.2 Å². The van der Waals surface area contributed by atoms with Crippen LogP contribution in [0.25, 0.3) is 0 Å². The van der Waals surface area contributed by atoms with Gasteiger partial charge in [0, 0.05) is 17.3 Å². The van der Waals surface area contributed by atoms with Gasteiger partial charge >= 0.3 is 0 Å². The van der Waals surface area contributed by atoms with E-state index in [2.05, 4.69) is 16.0 Å². The van der Waals surface area contributed by atoms with E-state index in [4.69, 9.17) is 5.26 Å². The molecule has 0 saturated heterocycles. The third kappa shape index (κ3) is 2.03. The summed E-state index contributed by atoms with van der Waals surface area (Å²) in [6.07, 6.45) is 3.59. The standard InChI is InChI=1S/C13H10N4OS/c14-4-3-9-1-2-11-10(7-9)17(8-18)12-13(19-11)16-6-5-15-12/h1-2,5-7,18H,3,8H2. The minimum atomic E-state index is -0.171. The molecule has 1 N–H and O–H groups in total. The summed E-state index contributed by atoms with van der Waals surface area (Å²) in [4.78, 5) is 11.2. The van der Waals surface area contributed by atoms with Gasteiger partial charge in [0.25, 0.3) is 0 Å². The first kappa shape index (κ1) is 12.0. The molecule has 0 spiro atoms. The maximum atomic E-state index is 9.59. The van der Waals surface area contributed by atoms with Crippen molar-refractivity contribution in [3.8, 4) is 6.07 Å². The summed E-state index contributed by atoms with van der Waals surface area (Å²) in [5.74, 6) is 0.650. The lowest BCUT2D eigenvalue weighted by atomic mass is 10.1. The quantitative estimate of drug-likeness (QED) is 0.900. The van der Waals surface area contributed by atoms with Gasteiger partial charge in [0.1, 0.15) is 11.8 Å². The number of nitriles is 1. The van der Waals surface area contributed by atoms with Crippen LogP contribution in [0.3, 0.4) is 0 Å². The van der Waals surface area contributed by atoms with Crippen LogP contribution in [-0.2, 0) is 6.42 Å². The summed E-state index contributed by atoms with van der Waals surface area (Å²) in [7, 11) is 0. The van der Waals surface area contributed by atoms with Crippen molar-refractivity contribution in [2.75, 3.05) is 11.6 Å². The van der Waals surface area contributed by atoms with E-state index in [1.807, 2.05) is 18.2 Å². The molecule has 5 nitrogen and oxygen atoms in total. The molecule has 2 aromatic rings. The predicted octanol–water partition coefficient (Wildman–Crippen LogP) is 2.10. The number of hydrogen-bond acceptors (Lipinski definition) is 6. The Morgan fingerprint density at radius 2 is 2.16 bits per heavy atom. The average Bonchev–Trinajstić information content (AvgIpc) is 2.45. The minimum Gasteiger partial charge on any atom is -0.376 e. The molecule has 0 unspecified atom stereocenters. The fourth-order valence-corrected chi connectivity index (χ4v) is 2.98. The van der Waals surface area contributed by atoms with Gasteiger partial charge in [-0.2, -0.15) is 5.26 Å². The summed E-state index contributed by atoms with van der Waals surface area (Å²) in [6, 6.07) is 7.92.